The van der Waals surface area contributed by atoms with Gasteiger partial charge in [0.05, 0.1) is 18.1 Å². The maximum absolute atomic E-state index is 11.6. The molecule has 7 heteroatoms. The van der Waals surface area contributed by atoms with Gasteiger partial charge in [0.25, 0.3) is 11.6 Å². The van der Waals surface area contributed by atoms with Crippen LogP contribution >= 0.6 is 0 Å². The molecule has 0 radical (unpaired) electrons. The number of amides is 1. The average molecular weight is 254 g/mol. The van der Waals surface area contributed by atoms with Crippen LogP contribution in [-0.4, -0.2) is 31.2 Å². The quantitative estimate of drug-likeness (QED) is 0.468. The fourth-order valence-electron chi connectivity index (χ4n) is 1.30. The first-order chi connectivity index (χ1) is 8.56. The molecule has 0 aliphatic rings. The standard InChI is InChI=1S/C11H14N2O5/c1-8-7-9(3-4-10(8)13(15)16)11(14)12-18-6-5-17-2/h3-4,7H,5-6H2,1-2H3,(H,12,14). The van der Waals surface area contributed by atoms with E-state index in [0.29, 0.717) is 17.7 Å². The molecule has 0 unspecified atom stereocenters. The molecule has 0 fully saturated rings. The zero-order valence-electron chi connectivity index (χ0n) is 10.1. The number of hydrogen-bond donors (Lipinski definition) is 1. The predicted molar refractivity (Wildman–Crippen MR) is 63.1 cm³/mol. The Kier molecular flexibility index (Phi) is 5.22. The topological polar surface area (TPSA) is 90.7 Å². The van der Waals surface area contributed by atoms with Crippen molar-refractivity contribution in [3.8, 4) is 0 Å². The zero-order chi connectivity index (χ0) is 13.5. The molecule has 0 aliphatic carbocycles. The van der Waals surface area contributed by atoms with E-state index < -0.39 is 10.8 Å². The van der Waals surface area contributed by atoms with Crippen molar-refractivity contribution in [1.29, 1.82) is 0 Å². The van der Waals surface area contributed by atoms with Crippen LogP contribution in [0.4, 0.5) is 5.69 Å². The van der Waals surface area contributed by atoms with E-state index in [1.54, 1.807) is 6.92 Å². The molecule has 1 amide bonds. The Morgan fingerprint density at radius 1 is 1.44 bits per heavy atom. The monoisotopic (exact) mass is 254 g/mol. The number of benzene rings is 1. The number of hydroxylamine groups is 1. The van der Waals surface area contributed by atoms with Gasteiger partial charge in [-0.2, -0.15) is 0 Å². The molecule has 0 bridgehead atoms. The second kappa shape index (κ2) is 6.67. The highest BCUT2D eigenvalue weighted by molar-refractivity contribution is 5.93. The summed E-state index contributed by atoms with van der Waals surface area (Å²) in [5, 5.41) is 10.6. The average Bonchev–Trinajstić information content (AvgIpc) is 2.33. The zero-order valence-corrected chi connectivity index (χ0v) is 10.1. The Labute approximate surface area is 104 Å². The molecule has 1 rings (SSSR count). The third-order valence-corrected chi connectivity index (χ3v) is 2.21. The van der Waals surface area contributed by atoms with Crippen molar-refractivity contribution in [3.05, 3.63) is 39.4 Å². The summed E-state index contributed by atoms with van der Waals surface area (Å²) in [6.07, 6.45) is 0. The molecule has 1 aromatic carbocycles. The molecule has 0 saturated heterocycles. The summed E-state index contributed by atoms with van der Waals surface area (Å²) in [5.41, 5.74) is 2.92. The lowest BCUT2D eigenvalue weighted by Crippen LogP contribution is -2.25. The molecular formula is C11H14N2O5. The minimum absolute atomic E-state index is 0.0214. The second-order valence-corrected chi connectivity index (χ2v) is 3.53. The molecular weight excluding hydrogens is 240 g/mol. The number of nitrogens with one attached hydrogen (secondary N) is 1. The van der Waals surface area contributed by atoms with Crippen molar-refractivity contribution in [2.75, 3.05) is 20.3 Å². The summed E-state index contributed by atoms with van der Waals surface area (Å²) in [4.78, 5) is 26.6. The van der Waals surface area contributed by atoms with E-state index in [0.717, 1.165) is 0 Å². The molecule has 0 spiro atoms. The van der Waals surface area contributed by atoms with Gasteiger partial charge in [-0.05, 0) is 19.1 Å². The first-order valence-electron chi connectivity index (χ1n) is 5.22. The van der Waals surface area contributed by atoms with E-state index in [9.17, 15) is 14.9 Å². The van der Waals surface area contributed by atoms with Crippen LogP contribution < -0.4 is 5.48 Å². The maximum atomic E-state index is 11.6. The van der Waals surface area contributed by atoms with Crippen LogP contribution in [0, 0.1) is 17.0 Å². The molecule has 0 saturated carbocycles. The smallest absolute Gasteiger partial charge is 0.274 e. The van der Waals surface area contributed by atoms with Gasteiger partial charge in [-0.3, -0.25) is 19.7 Å². The van der Waals surface area contributed by atoms with Gasteiger partial charge in [-0.1, -0.05) is 0 Å². The number of hydrogen-bond acceptors (Lipinski definition) is 5. The van der Waals surface area contributed by atoms with Gasteiger partial charge in [0.2, 0.25) is 0 Å². The summed E-state index contributed by atoms with van der Waals surface area (Å²) in [6.45, 7) is 2.16. The lowest BCUT2D eigenvalue weighted by atomic mass is 10.1. The first-order valence-corrected chi connectivity index (χ1v) is 5.22. The van der Waals surface area contributed by atoms with Crippen LogP contribution in [0.15, 0.2) is 18.2 Å². The minimum atomic E-state index is -0.494. The molecule has 1 aromatic rings. The number of nitro groups is 1. The van der Waals surface area contributed by atoms with Gasteiger partial charge >= 0.3 is 0 Å². The molecule has 1 N–H and O–H groups in total. The number of rotatable bonds is 6. The van der Waals surface area contributed by atoms with Crippen molar-refractivity contribution >= 4 is 11.6 Å². The number of methoxy groups -OCH3 is 1. The van der Waals surface area contributed by atoms with Crippen LogP contribution in [0.1, 0.15) is 15.9 Å². The van der Waals surface area contributed by atoms with E-state index in [1.807, 2.05) is 0 Å². The van der Waals surface area contributed by atoms with Crippen molar-refractivity contribution in [1.82, 2.24) is 5.48 Å². The number of ether oxygens (including phenoxy) is 1. The van der Waals surface area contributed by atoms with Gasteiger partial charge in [0.1, 0.15) is 0 Å². The van der Waals surface area contributed by atoms with Gasteiger partial charge in [0, 0.05) is 24.3 Å². The summed E-state index contributed by atoms with van der Waals surface area (Å²) >= 11 is 0. The first kappa shape index (κ1) is 14.1. The van der Waals surface area contributed by atoms with Gasteiger partial charge in [-0.15, -0.1) is 0 Å². The summed E-state index contributed by atoms with van der Waals surface area (Å²) in [7, 11) is 1.52. The molecule has 0 aliphatic heterocycles. The summed E-state index contributed by atoms with van der Waals surface area (Å²) < 4.78 is 4.74. The Balaban J connectivity index is 2.64. The normalized spacial score (nSPS) is 10.1. The molecule has 98 valence electrons. The van der Waals surface area contributed by atoms with E-state index in [1.165, 1.54) is 25.3 Å². The molecule has 0 heterocycles. The Morgan fingerprint density at radius 3 is 2.72 bits per heavy atom. The summed E-state index contributed by atoms with van der Waals surface area (Å²) in [5.74, 6) is -0.455. The van der Waals surface area contributed by atoms with Crippen LogP contribution in [-0.2, 0) is 9.57 Å². The third kappa shape index (κ3) is 3.79. The maximum Gasteiger partial charge on any atom is 0.274 e. The number of carbonyl (C=O) groups excluding carboxylic acids is 1. The van der Waals surface area contributed by atoms with Gasteiger partial charge in [0.15, 0.2) is 0 Å². The van der Waals surface area contributed by atoms with Crippen molar-refractivity contribution in [2.45, 2.75) is 6.92 Å². The Hall–Kier alpha value is -1.99. The third-order valence-electron chi connectivity index (χ3n) is 2.21. The van der Waals surface area contributed by atoms with Gasteiger partial charge in [-0.25, -0.2) is 5.48 Å². The molecule has 0 aromatic heterocycles. The van der Waals surface area contributed by atoms with Crippen LogP contribution in [0.3, 0.4) is 0 Å². The predicted octanol–water partition coefficient (Wildman–Crippen LogP) is 1.21. The van der Waals surface area contributed by atoms with E-state index in [-0.39, 0.29) is 12.3 Å². The highest BCUT2D eigenvalue weighted by Gasteiger charge is 2.13. The van der Waals surface area contributed by atoms with Crippen LogP contribution in [0.2, 0.25) is 0 Å². The Bertz CT molecular complexity index is 447. The van der Waals surface area contributed by atoms with E-state index in [4.69, 9.17) is 9.57 Å². The SMILES string of the molecule is COCCONC(=O)c1ccc([N+](=O)[O-])c(C)c1. The van der Waals surface area contributed by atoms with Crippen LogP contribution in [0.25, 0.3) is 0 Å². The highest BCUT2D eigenvalue weighted by Crippen LogP contribution is 2.18. The molecule has 18 heavy (non-hydrogen) atoms. The lowest BCUT2D eigenvalue weighted by Gasteiger charge is -2.06. The second-order valence-electron chi connectivity index (χ2n) is 3.53. The van der Waals surface area contributed by atoms with Crippen molar-refractivity contribution in [2.24, 2.45) is 0 Å². The Morgan fingerprint density at radius 2 is 2.17 bits per heavy atom. The number of nitro benzene ring substituents is 1. The van der Waals surface area contributed by atoms with E-state index in [2.05, 4.69) is 5.48 Å². The lowest BCUT2D eigenvalue weighted by molar-refractivity contribution is -0.385. The van der Waals surface area contributed by atoms with Crippen LogP contribution in [0.5, 0.6) is 0 Å². The molecule has 7 nitrogen and oxygen atoms in total. The van der Waals surface area contributed by atoms with Gasteiger partial charge < -0.3 is 4.74 Å². The van der Waals surface area contributed by atoms with Crippen molar-refractivity contribution in [3.63, 3.8) is 0 Å². The number of aryl methyl sites for hydroxylation is 1. The fraction of sp³-hybridized carbons (Fsp3) is 0.364. The largest absolute Gasteiger partial charge is 0.382 e. The molecule has 0 atom stereocenters. The highest BCUT2D eigenvalue weighted by atomic mass is 16.7. The summed E-state index contributed by atoms with van der Waals surface area (Å²) in [6, 6.07) is 4.10. The fourth-order valence-corrected chi connectivity index (χ4v) is 1.30. The van der Waals surface area contributed by atoms with E-state index >= 15 is 0 Å². The van der Waals surface area contributed by atoms with Crippen molar-refractivity contribution < 1.29 is 19.3 Å². The number of carbonyl (C=O) groups is 1. The minimum Gasteiger partial charge on any atom is -0.382 e. The number of nitrogens with zero attached hydrogens (tertiary/aromatic N) is 1.